The number of nitrogens with zero attached hydrogens (tertiary/aromatic N) is 1. The average Bonchev–Trinajstić information content (AvgIpc) is 2.78. The standard InChI is InChI=1S/C27H38N2O3/c1-7-21(5)28-27(31)24(8-2)29(15-14-23-12-10-9-11-13-23)26(30)18-32-25-17-19(3)16-20(4)22(25)6/h9-13,16-17,21,24H,7-8,14-15,18H2,1-6H3,(H,28,31)/t21-,24-/m0/s1. The van der Waals surface area contributed by atoms with Crippen LogP contribution in [0.4, 0.5) is 0 Å². The Hall–Kier alpha value is -2.82. The van der Waals surface area contributed by atoms with Crippen LogP contribution >= 0.6 is 0 Å². The summed E-state index contributed by atoms with van der Waals surface area (Å²) in [5.41, 5.74) is 4.39. The molecule has 0 bridgehead atoms. The molecule has 0 fully saturated rings. The predicted molar refractivity (Wildman–Crippen MR) is 130 cm³/mol. The van der Waals surface area contributed by atoms with Crippen LogP contribution in [-0.2, 0) is 16.0 Å². The second-order valence-corrected chi connectivity index (χ2v) is 8.56. The van der Waals surface area contributed by atoms with Gasteiger partial charge in [0.15, 0.2) is 6.61 Å². The zero-order valence-electron chi connectivity index (χ0n) is 20.4. The van der Waals surface area contributed by atoms with Crippen molar-refractivity contribution in [3.05, 3.63) is 64.7 Å². The summed E-state index contributed by atoms with van der Waals surface area (Å²) < 4.78 is 5.95. The molecule has 2 rings (SSSR count). The Bertz CT molecular complexity index is 895. The summed E-state index contributed by atoms with van der Waals surface area (Å²) >= 11 is 0. The molecule has 0 aliphatic rings. The smallest absolute Gasteiger partial charge is 0.261 e. The number of aryl methyl sites for hydroxylation is 2. The van der Waals surface area contributed by atoms with Crippen LogP contribution in [0.25, 0.3) is 0 Å². The van der Waals surface area contributed by atoms with E-state index < -0.39 is 6.04 Å². The Labute approximate surface area is 193 Å². The molecule has 0 aliphatic heterocycles. The summed E-state index contributed by atoms with van der Waals surface area (Å²) in [5.74, 6) is 0.437. The van der Waals surface area contributed by atoms with Crippen molar-refractivity contribution in [3.63, 3.8) is 0 Å². The Morgan fingerprint density at radius 1 is 1.03 bits per heavy atom. The lowest BCUT2D eigenvalue weighted by Crippen LogP contribution is -2.52. The van der Waals surface area contributed by atoms with Gasteiger partial charge in [-0.2, -0.15) is 0 Å². The van der Waals surface area contributed by atoms with E-state index in [4.69, 9.17) is 4.74 Å². The molecule has 2 aromatic carbocycles. The molecule has 0 radical (unpaired) electrons. The van der Waals surface area contributed by atoms with Gasteiger partial charge in [-0.05, 0) is 75.3 Å². The van der Waals surface area contributed by atoms with Gasteiger partial charge in [0, 0.05) is 12.6 Å². The maximum atomic E-state index is 13.3. The first kappa shape index (κ1) is 25.4. The van der Waals surface area contributed by atoms with Gasteiger partial charge >= 0.3 is 0 Å². The molecule has 0 aromatic heterocycles. The highest BCUT2D eigenvalue weighted by Crippen LogP contribution is 2.23. The zero-order valence-corrected chi connectivity index (χ0v) is 20.4. The van der Waals surface area contributed by atoms with Crippen LogP contribution in [0.1, 0.15) is 55.9 Å². The van der Waals surface area contributed by atoms with Crippen LogP contribution in [0.15, 0.2) is 42.5 Å². The summed E-state index contributed by atoms with van der Waals surface area (Å²) in [4.78, 5) is 28.0. The lowest BCUT2D eigenvalue weighted by molar-refractivity contribution is -0.142. The minimum absolute atomic E-state index is 0.0665. The van der Waals surface area contributed by atoms with Gasteiger partial charge < -0.3 is 15.0 Å². The van der Waals surface area contributed by atoms with Crippen molar-refractivity contribution in [2.24, 2.45) is 0 Å². The number of carbonyl (C=O) groups is 2. The SMILES string of the molecule is CC[C@H](C)NC(=O)[C@H](CC)N(CCc1ccccc1)C(=O)COc1cc(C)cc(C)c1C. The highest BCUT2D eigenvalue weighted by Gasteiger charge is 2.29. The Morgan fingerprint density at radius 3 is 2.34 bits per heavy atom. The van der Waals surface area contributed by atoms with Gasteiger partial charge in [-0.15, -0.1) is 0 Å². The van der Waals surface area contributed by atoms with Crippen LogP contribution in [-0.4, -0.2) is 41.9 Å². The molecule has 2 amide bonds. The fourth-order valence-corrected chi connectivity index (χ4v) is 3.71. The highest BCUT2D eigenvalue weighted by atomic mass is 16.5. The number of carbonyl (C=O) groups excluding carboxylic acids is 2. The van der Waals surface area contributed by atoms with E-state index in [-0.39, 0.29) is 24.5 Å². The molecule has 0 spiro atoms. The minimum atomic E-state index is -0.524. The molecule has 5 nitrogen and oxygen atoms in total. The molecule has 0 heterocycles. The summed E-state index contributed by atoms with van der Waals surface area (Å²) in [6.07, 6.45) is 2.07. The third-order valence-corrected chi connectivity index (χ3v) is 5.99. The predicted octanol–water partition coefficient (Wildman–Crippen LogP) is 4.76. The second kappa shape index (κ2) is 12.3. The van der Waals surface area contributed by atoms with Gasteiger partial charge in [0.1, 0.15) is 11.8 Å². The van der Waals surface area contributed by atoms with Crippen LogP contribution in [0.5, 0.6) is 5.75 Å². The fraction of sp³-hybridized carbons (Fsp3) is 0.481. The molecule has 0 aliphatic carbocycles. The fourth-order valence-electron chi connectivity index (χ4n) is 3.71. The molecule has 174 valence electrons. The van der Waals surface area contributed by atoms with E-state index in [0.717, 1.165) is 34.4 Å². The topological polar surface area (TPSA) is 58.6 Å². The third kappa shape index (κ3) is 7.11. The third-order valence-electron chi connectivity index (χ3n) is 5.99. The number of rotatable bonds is 11. The van der Waals surface area contributed by atoms with Gasteiger partial charge in [0.05, 0.1) is 0 Å². The van der Waals surface area contributed by atoms with Crippen molar-refractivity contribution in [3.8, 4) is 5.75 Å². The minimum Gasteiger partial charge on any atom is -0.483 e. The largest absolute Gasteiger partial charge is 0.483 e. The summed E-state index contributed by atoms with van der Waals surface area (Å²) in [6.45, 7) is 12.4. The van der Waals surface area contributed by atoms with Gasteiger partial charge in [0.2, 0.25) is 5.91 Å². The van der Waals surface area contributed by atoms with Crippen molar-refractivity contribution in [2.45, 2.75) is 72.9 Å². The number of nitrogens with one attached hydrogen (secondary N) is 1. The number of hydrogen-bond acceptors (Lipinski definition) is 3. The average molecular weight is 439 g/mol. The van der Waals surface area contributed by atoms with E-state index in [1.54, 1.807) is 4.90 Å². The number of benzene rings is 2. The van der Waals surface area contributed by atoms with Gasteiger partial charge in [0.25, 0.3) is 5.91 Å². The van der Waals surface area contributed by atoms with Gasteiger partial charge in [-0.1, -0.05) is 50.2 Å². The molecule has 32 heavy (non-hydrogen) atoms. The van der Waals surface area contributed by atoms with E-state index in [1.807, 2.05) is 77.9 Å². The monoisotopic (exact) mass is 438 g/mol. The second-order valence-electron chi connectivity index (χ2n) is 8.56. The van der Waals surface area contributed by atoms with E-state index in [0.29, 0.717) is 19.4 Å². The summed E-state index contributed by atoms with van der Waals surface area (Å²) in [6, 6.07) is 13.6. The molecular formula is C27H38N2O3. The molecular weight excluding hydrogens is 400 g/mol. The van der Waals surface area contributed by atoms with Crippen molar-refractivity contribution in [2.75, 3.05) is 13.2 Å². The number of amides is 2. The lowest BCUT2D eigenvalue weighted by atomic mass is 10.1. The van der Waals surface area contributed by atoms with Crippen molar-refractivity contribution < 1.29 is 14.3 Å². The maximum Gasteiger partial charge on any atom is 0.261 e. The number of hydrogen-bond donors (Lipinski definition) is 1. The summed E-state index contributed by atoms with van der Waals surface area (Å²) in [5, 5.41) is 3.04. The summed E-state index contributed by atoms with van der Waals surface area (Å²) in [7, 11) is 0. The Morgan fingerprint density at radius 2 is 1.72 bits per heavy atom. The van der Waals surface area contributed by atoms with E-state index >= 15 is 0 Å². The van der Waals surface area contributed by atoms with E-state index in [9.17, 15) is 9.59 Å². The van der Waals surface area contributed by atoms with Crippen molar-refractivity contribution in [1.82, 2.24) is 10.2 Å². The normalized spacial score (nSPS) is 12.7. The number of ether oxygens (including phenoxy) is 1. The lowest BCUT2D eigenvalue weighted by Gasteiger charge is -2.31. The molecule has 5 heteroatoms. The van der Waals surface area contributed by atoms with Crippen LogP contribution in [0, 0.1) is 20.8 Å². The quantitative estimate of drug-likeness (QED) is 0.550. The molecule has 0 unspecified atom stereocenters. The molecule has 2 atom stereocenters. The first-order valence-corrected chi connectivity index (χ1v) is 11.6. The van der Waals surface area contributed by atoms with Crippen molar-refractivity contribution in [1.29, 1.82) is 0 Å². The molecule has 2 aromatic rings. The van der Waals surface area contributed by atoms with Crippen LogP contribution in [0.3, 0.4) is 0 Å². The van der Waals surface area contributed by atoms with Crippen LogP contribution in [0.2, 0.25) is 0 Å². The van der Waals surface area contributed by atoms with Gasteiger partial charge in [-0.3, -0.25) is 9.59 Å². The first-order chi connectivity index (χ1) is 15.3. The van der Waals surface area contributed by atoms with Gasteiger partial charge in [-0.25, -0.2) is 0 Å². The van der Waals surface area contributed by atoms with Crippen LogP contribution < -0.4 is 10.1 Å². The zero-order chi connectivity index (χ0) is 23.7. The molecule has 0 saturated carbocycles. The Kier molecular flexibility index (Phi) is 9.76. The van der Waals surface area contributed by atoms with Crippen molar-refractivity contribution >= 4 is 11.8 Å². The molecule has 1 N–H and O–H groups in total. The highest BCUT2D eigenvalue weighted by molar-refractivity contribution is 5.88. The maximum absolute atomic E-state index is 13.3. The first-order valence-electron chi connectivity index (χ1n) is 11.6. The molecule has 0 saturated heterocycles. The van der Waals surface area contributed by atoms with E-state index in [2.05, 4.69) is 11.4 Å². The Balaban J connectivity index is 2.19. The van der Waals surface area contributed by atoms with E-state index in [1.165, 1.54) is 0 Å².